The Morgan fingerprint density at radius 1 is 1.50 bits per heavy atom. The van der Waals surface area contributed by atoms with Crippen molar-refractivity contribution in [3.8, 4) is 5.88 Å². The molecule has 0 N–H and O–H groups in total. The Kier molecular flexibility index (Phi) is 6.16. The second kappa shape index (κ2) is 8.11. The molecule has 2 heterocycles. The number of pyridine rings is 1. The van der Waals surface area contributed by atoms with E-state index in [0.717, 1.165) is 32.1 Å². The third-order valence-electron chi connectivity index (χ3n) is 4.17. The molecule has 0 radical (unpaired) electrons. The van der Waals surface area contributed by atoms with Crippen LogP contribution in [0.25, 0.3) is 0 Å². The minimum absolute atomic E-state index is 0.0589. The number of piperidine rings is 1. The van der Waals surface area contributed by atoms with Gasteiger partial charge in [0.15, 0.2) is 5.82 Å². The van der Waals surface area contributed by atoms with E-state index in [9.17, 15) is 9.18 Å². The number of aromatic nitrogens is 1. The van der Waals surface area contributed by atoms with Crippen molar-refractivity contribution in [2.75, 3.05) is 13.1 Å². The number of rotatable bonds is 6. The molecule has 22 heavy (non-hydrogen) atoms. The number of amides is 1. The number of carbonyl (C=O) groups is 1. The van der Waals surface area contributed by atoms with Gasteiger partial charge < -0.3 is 9.64 Å². The van der Waals surface area contributed by atoms with E-state index < -0.39 is 5.82 Å². The average Bonchev–Trinajstić information content (AvgIpc) is 2.55. The molecule has 1 saturated heterocycles. The summed E-state index contributed by atoms with van der Waals surface area (Å²) in [6, 6.07) is 2.89. The fourth-order valence-corrected chi connectivity index (χ4v) is 2.76. The molecular formula is C17H25FN2O2. The van der Waals surface area contributed by atoms with Crippen LogP contribution in [0.5, 0.6) is 5.88 Å². The minimum Gasteiger partial charge on any atom is -0.472 e. The number of hydrogen-bond acceptors (Lipinski definition) is 3. The summed E-state index contributed by atoms with van der Waals surface area (Å²) in [6.45, 7) is 5.49. The highest BCUT2D eigenvalue weighted by Gasteiger charge is 2.27. The highest BCUT2D eigenvalue weighted by atomic mass is 19.1. The van der Waals surface area contributed by atoms with Crippen LogP contribution in [0.15, 0.2) is 18.3 Å². The number of carbonyl (C=O) groups excluding carboxylic acids is 1. The SMILES string of the molecule is CCCCC(C)C(=O)N1CCC(Oc2ncccc2F)CC1. The van der Waals surface area contributed by atoms with Crippen molar-refractivity contribution in [2.45, 2.75) is 52.1 Å². The molecule has 4 nitrogen and oxygen atoms in total. The van der Waals surface area contributed by atoms with Gasteiger partial charge in [0.1, 0.15) is 6.10 Å². The zero-order valence-corrected chi connectivity index (χ0v) is 13.4. The summed E-state index contributed by atoms with van der Waals surface area (Å²) in [7, 11) is 0. The molecule has 122 valence electrons. The van der Waals surface area contributed by atoms with E-state index in [0.29, 0.717) is 13.1 Å². The first-order valence-electron chi connectivity index (χ1n) is 8.17. The van der Waals surface area contributed by atoms with Gasteiger partial charge in [-0.15, -0.1) is 0 Å². The van der Waals surface area contributed by atoms with Crippen LogP contribution in [0, 0.1) is 11.7 Å². The number of halogens is 1. The Morgan fingerprint density at radius 2 is 2.23 bits per heavy atom. The Labute approximate surface area is 131 Å². The van der Waals surface area contributed by atoms with Crippen LogP contribution in [-0.4, -0.2) is 35.0 Å². The summed E-state index contributed by atoms with van der Waals surface area (Å²) in [5.74, 6) is -0.0562. The van der Waals surface area contributed by atoms with Crippen LogP contribution in [0.2, 0.25) is 0 Å². The molecule has 2 rings (SSSR count). The fourth-order valence-electron chi connectivity index (χ4n) is 2.76. The highest BCUT2D eigenvalue weighted by molar-refractivity contribution is 5.78. The van der Waals surface area contributed by atoms with Gasteiger partial charge in [-0.25, -0.2) is 9.37 Å². The Hall–Kier alpha value is -1.65. The van der Waals surface area contributed by atoms with Crippen molar-refractivity contribution in [1.82, 2.24) is 9.88 Å². The molecule has 1 amide bonds. The first-order chi connectivity index (χ1) is 10.6. The second-order valence-electron chi connectivity index (χ2n) is 5.98. The summed E-state index contributed by atoms with van der Waals surface area (Å²) in [4.78, 5) is 18.2. The van der Waals surface area contributed by atoms with Crippen LogP contribution in [0.3, 0.4) is 0 Å². The third-order valence-corrected chi connectivity index (χ3v) is 4.17. The monoisotopic (exact) mass is 308 g/mol. The molecule has 0 saturated carbocycles. The molecule has 1 aromatic heterocycles. The maximum absolute atomic E-state index is 13.5. The van der Waals surface area contributed by atoms with E-state index in [1.165, 1.54) is 12.3 Å². The molecule has 0 aliphatic carbocycles. The lowest BCUT2D eigenvalue weighted by Gasteiger charge is -2.33. The van der Waals surface area contributed by atoms with Crippen LogP contribution < -0.4 is 4.74 Å². The normalized spacial score (nSPS) is 17.3. The van der Waals surface area contributed by atoms with Gasteiger partial charge in [0.25, 0.3) is 5.88 Å². The number of likely N-dealkylation sites (tertiary alicyclic amines) is 1. The highest BCUT2D eigenvalue weighted by Crippen LogP contribution is 2.21. The van der Waals surface area contributed by atoms with E-state index in [1.54, 1.807) is 6.07 Å². The lowest BCUT2D eigenvalue weighted by atomic mass is 10.0. The van der Waals surface area contributed by atoms with Crippen LogP contribution in [-0.2, 0) is 4.79 Å². The molecule has 1 aromatic rings. The number of unbranched alkanes of at least 4 members (excludes halogenated alkanes) is 1. The first kappa shape index (κ1) is 16.7. The van der Waals surface area contributed by atoms with Crippen LogP contribution in [0.1, 0.15) is 46.0 Å². The van der Waals surface area contributed by atoms with Crippen LogP contribution in [0.4, 0.5) is 4.39 Å². The van der Waals surface area contributed by atoms with Crippen molar-refractivity contribution in [2.24, 2.45) is 5.92 Å². The molecule has 0 bridgehead atoms. The van der Waals surface area contributed by atoms with E-state index in [2.05, 4.69) is 11.9 Å². The Bertz CT molecular complexity index is 487. The van der Waals surface area contributed by atoms with Gasteiger partial charge in [0.05, 0.1) is 0 Å². The Balaban J connectivity index is 1.80. The number of nitrogens with zero attached hydrogens (tertiary/aromatic N) is 2. The largest absolute Gasteiger partial charge is 0.472 e. The molecule has 0 spiro atoms. The summed E-state index contributed by atoms with van der Waals surface area (Å²) < 4.78 is 19.1. The van der Waals surface area contributed by atoms with E-state index >= 15 is 0 Å². The summed E-state index contributed by atoms with van der Waals surface area (Å²) in [6.07, 6.45) is 6.05. The maximum atomic E-state index is 13.5. The quantitative estimate of drug-likeness (QED) is 0.808. The summed E-state index contributed by atoms with van der Waals surface area (Å²) in [5, 5.41) is 0. The second-order valence-corrected chi connectivity index (χ2v) is 5.98. The zero-order chi connectivity index (χ0) is 15.9. The number of ether oxygens (including phenoxy) is 1. The molecular weight excluding hydrogens is 283 g/mol. The predicted molar refractivity (Wildman–Crippen MR) is 83.1 cm³/mol. The lowest BCUT2D eigenvalue weighted by Crippen LogP contribution is -2.44. The summed E-state index contributed by atoms with van der Waals surface area (Å²) in [5.41, 5.74) is 0. The molecule has 1 fully saturated rings. The zero-order valence-electron chi connectivity index (χ0n) is 13.4. The molecule has 1 atom stereocenters. The molecule has 1 aliphatic heterocycles. The predicted octanol–water partition coefficient (Wildman–Crippen LogP) is 3.42. The smallest absolute Gasteiger partial charge is 0.250 e. The molecule has 0 aromatic carbocycles. The maximum Gasteiger partial charge on any atom is 0.250 e. The van der Waals surface area contributed by atoms with Crippen molar-refractivity contribution < 1.29 is 13.9 Å². The topological polar surface area (TPSA) is 42.4 Å². The first-order valence-corrected chi connectivity index (χ1v) is 8.17. The molecule has 5 heteroatoms. The van der Waals surface area contributed by atoms with Crippen LogP contribution >= 0.6 is 0 Å². The van der Waals surface area contributed by atoms with Gasteiger partial charge in [-0.2, -0.15) is 0 Å². The Morgan fingerprint density at radius 3 is 2.86 bits per heavy atom. The van der Waals surface area contributed by atoms with Crippen molar-refractivity contribution >= 4 is 5.91 Å². The van der Waals surface area contributed by atoms with E-state index in [4.69, 9.17) is 4.74 Å². The van der Waals surface area contributed by atoms with E-state index in [-0.39, 0.29) is 23.8 Å². The van der Waals surface area contributed by atoms with Crippen molar-refractivity contribution in [3.05, 3.63) is 24.1 Å². The van der Waals surface area contributed by atoms with Gasteiger partial charge >= 0.3 is 0 Å². The minimum atomic E-state index is -0.436. The average molecular weight is 308 g/mol. The fraction of sp³-hybridized carbons (Fsp3) is 0.647. The lowest BCUT2D eigenvalue weighted by molar-refractivity contribution is -0.137. The molecule has 1 aliphatic rings. The number of hydrogen-bond donors (Lipinski definition) is 0. The van der Waals surface area contributed by atoms with Gasteiger partial charge in [-0.1, -0.05) is 26.7 Å². The van der Waals surface area contributed by atoms with Crippen molar-refractivity contribution in [1.29, 1.82) is 0 Å². The molecule has 1 unspecified atom stereocenters. The third kappa shape index (κ3) is 4.42. The standard InChI is InChI=1S/C17H25FN2O2/c1-3-4-6-13(2)17(21)20-11-8-14(9-12-20)22-16-15(18)7-5-10-19-16/h5,7,10,13-14H,3-4,6,8-9,11-12H2,1-2H3. The van der Waals surface area contributed by atoms with Crippen molar-refractivity contribution in [3.63, 3.8) is 0 Å². The summed E-state index contributed by atoms with van der Waals surface area (Å²) >= 11 is 0. The van der Waals surface area contributed by atoms with Gasteiger partial charge in [-0.05, 0) is 18.6 Å². The van der Waals surface area contributed by atoms with E-state index in [1.807, 2.05) is 11.8 Å². The van der Waals surface area contributed by atoms with Gasteiger partial charge in [0, 0.05) is 38.0 Å². The van der Waals surface area contributed by atoms with Gasteiger partial charge in [0.2, 0.25) is 5.91 Å². The van der Waals surface area contributed by atoms with Gasteiger partial charge in [-0.3, -0.25) is 4.79 Å².